The number of carbonyl (C=O) groups is 1. The SMILES string of the molecule is Cc1cc(-c2nc3cccnn3c2-c2ccnc(NC(=O)c3c(Cl)cccc3Cl)c2)ccc1F. The Hall–Kier alpha value is -3.81. The predicted molar refractivity (Wildman–Crippen MR) is 131 cm³/mol. The van der Waals surface area contributed by atoms with Gasteiger partial charge in [0.25, 0.3) is 5.91 Å². The highest BCUT2D eigenvalue weighted by Gasteiger charge is 2.19. The Kier molecular flexibility index (Phi) is 5.73. The Morgan fingerprint density at radius 1 is 0.971 bits per heavy atom. The smallest absolute Gasteiger partial charge is 0.259 e. The summed E-state index contributed by atoms with van der Waals surface area (Å²) in [4.78, 5) is 21.8. The highest BCUT2D eigenvalue weighted by molar-refractivity contribution is 6.40. The summed E-state index contributed by atoms with van der Waals surface area (Å²) in [6.45, 7) is 1.70. The number of rotatable bonds is 4. The van der Waals surface area contributed by atoms with Gasteiger partial charge in [-0.2, -0.15) is 5.10 Å². The highest BCUT2D eigenvalue weighted by Crippen LogP contribution is 2.34. The topological polar surface area (TPSA) is 72.2 Å². The van der Waals surface area contributed by atoms with Crippen LogP contribution in [0.2, 0.25) is 10.0 Å². The molecule has 0 aliphatic rings. The van der Waals surface area contributed by atoms with Crippen molar-refractivity contribution < 1.29 is 9.18 Å². The number of fused-ring (bicyclic) bond motifs is 1. The molecule has 3 aromatic heterocycles. The number of hydrogen-bond donors (Lipinski definition) is 1. The van der Waals surface area contributed by atoms with Crippen LogP contribution in [-0.4, -0.2) is 25.5 Å². The van der Waals surface area contributed by atoms with Gasteiger partial charge >= 0.3 is 0 Å². The molecule has 5 aromatic rings. The second-order valence-corrected chi connectivity index (χ2v) is 8.36. The molecule has 0 saturated carbocycles. The third kappa shape index (κ3) is 4.00. The number of aromatic nitrogens is 4. The molecule has 1 amide bonds. The number of aryl methyl sites for hydroxylation is 1. The maximum Gasteiger partial charge on any atom is 0.259 e. The van der Waals surface area contributed by atoms with Crippen molar-refractivity contribution in [2.45, 2.75) is 6.92 Å². The quantitative estimate of drug-likeness (QED) is 0.312. The monoisotopic (exact) mass is 491 g/mol. The molecule has 0 unspecified atom stereocenters. The lowest BCUT2D eigenvalue weighted by molar-refractivity contribution is 0.102. The lowest BCUT2D eigenvalue weighted by Gasteiger charge is -2.10. The third-order valence-electron chi connectivity index (χ3n) is 5.29. The van der Waals surface area contributed by atoms with E-state index in [1.54, 1.807) is 72.4 Å². The molecule has 0 fully saturated rings. The Balaban J connectivity index is 1.60. The van der Waals surface area contributed by atoms with Crippen molar-refractivity contribution in [2.24, 2.45) is 0 Å². The van der Waals surface area contributed by atoms with E-state index in [9.17, 15) is 9.18 Å². The van der Waals surface area contributed by atoms with Crippen molar-refractivity contribution in [1.29, 1.82) is 0 Å². The van der Waals surface area contributed by atoms with Gasteiger partial charge in [0.1, 0.15) is 17.3 Å². The summed E-state index contributed by atoms with van der Waals surface area (Å²) < 4.78 is 15.6. The fourth-order valence-electron chi connectivity index (χ4n) is 3.68. The lowest BCUT2D eigenvalue weighted by Crippen LogP contribution is -2.14. The summed E-state index contributed by atoms with van der Waals surface area (Å²) in [5, 5.41) is 7.66. The number of amides is 1. The second-order valence-electron chi connectivity index (χ2n) is 7.55. The molecule has 34 heavy (non-hydrogen) atoms. The van der Waals surface area contributed by atoms with Crippen LogP contribution < -0.4 is 5.32 Å². The van der Waals surface area contributed by atoms with Crippen molar-refractivity contribution in [1.82, 2.24) is 19.6 Å². The molecule has 0 aliphatic carbocycles. The standard InChI is InChI=1S/C25H16Cl2FN5O/c1-14-12-15(7-8-19(14)28)23-24(33-21(32-23)6-3-10-30-33)16-9-11-29-20(13-16)31-25(34)22-17(26)4-2-5-18(22)27/h2-13H,1H3,(H,29,31,34). The van der Waals surface area contributed by atoms with E-state index < -0.39 is 5.91 Å². The molecule has 168 valence electrons. The van der Waals surface area contributed by atoms with E-state index in [1.165, 1.54) is 6.07 Å². The molecular formula is C25H16Cl2FN5O. The average Bonchev–Trinajstić information content (AvgIpc) is 3.20. The van der Waals surface area contributed by atoms with Gasteiger partial charge in [-0.1, -0.05) is 29.3 Å². The van der Waals surface area contributed by atoms with Crippen LogP contribution in [0.15, 0.2) is 73.1 Å². The number of benzene rings is 2. The molecule has 0 bridgehead atoms. The Morgan fingerprint density at radius 3 is 2.53 bits per heavy atom. The first-order valence-electron chi connectivity index (χ1n) is 10.2. The number of halogens is 3. The zero-order valence-electron chi connectivity index (χ0n) is 17.8. The largest absolute Gasteiger partial charge is 0.306 e. The van der Waals surface area contributed by atoms with Crippen molar-refractivity contribution in [3.05, 3.63) is 100 Å². The van der Waals surface area contributed by atoms with Gasteiger partial charge < -0.3 is 5.32 Å². The first-order valence-corrected chi connectivity index (χ1v) is 11.0. The minimum absolute atomic E-state index is 0.164. The molecule has 3 heterocycles. The Labute approximate surface area is 204 Å². The predicted octanol–water partition coefficient (Wildman–Crippen LogP) is 6.46. The Morgan fingerprint density at radius 2 is 1.76 bits per heavy atom. The van der Waals surface area contributed by atoms with Gasteiger partial charge in [0.15, 0.2) is 5.65 Å². The fourth-order valence-corrected chi connectivity index (χ4v) is 4.25. The average molecular weight is 492 g/mol. The van der Waals surface area contributed by atoms with Crippen LogP contribution in [0.4, 0.5) is 10.2 Å². The summed E-state index contributed by atoms with van der Waals surface area (Å²) in [5.41, 5.74) is 4.04. The van der Waals surface area contributed by atoms with Crippen molar-refractivity contribution >= 4 is 40.6 Å². The summed E-state index contributed by atoms with van der Waals surface area (Å²) >= 11 is 12.3. The number of nitrogens with zero attached hydrogens (tertiary/aromatic N) is 4. The summed E-state index contributed by atoms with van der Waals surface area (Å²) in [6.07, 6.45) is 3.22. The van der Waals surface area contributed by atoms with Crippen molar-refractivity contribution in [3.63, 3.8) is 0 Å². The maximum absolute atomic E-state index is 13.9. The normalized spacial score (nSPS) is 11.1. The van der Waals surface area contributed by atoms with Crippen LogP contribution in [0.5, 0.6) is 0 Å². The zero-order chi connectivity index (χ0) is 23.8. The fraction of sp³-hybridized carbons (Fsp3) is 0.0400. The van der Waals surface area contributed by atoms with Crippen LogP contribution in [0.3, 0.4) is 0 Å². The molecule has 2 aromatic carbocycles. The minimum atomic E-state index is -0.481. The van der Waals surface area contributed by atoms with Crippen LogP contribution in [0.1, 0.15) is 15.9 Å². The van der Waals surface area contributed by atoms with Crippen LogP contribution >= 0.6 is 23.2 Å². The maximum atomic E-state index is 13.9. The van der Waals surface area contributed by atoms with Gasteiger partial charge in [-0.3, -0.25) is 4.79 Å². The highest BCUT2D eigenvalue weighted by atomic mass is 35.5. The van der Waals surface area contributed by atoms with Crippen LogP contribution in [-0.2, 0) is 0 Å². The van der Waals surface area contributed by atoms with E-state index in [0.717, 1.165) is 5.56 Å². The molecule has 6 nitrogen and oxygen atoms in total. The lowest BCUT2D eigenvalue weighted by atomic mass is 10.0. The molecule has 0 saturated heterocycles. The van der Waals surface area contributed by atoms with Gasteiger partial charge in [-0.15, -0.1) is 0 Å². The summed E-state index contributed by atoms with van der Waals surface area (Å²) in [7, 11) is 0. The van der Waals surface area contributed by atoms with Crippen LogP contribution in [0, 0.1) is 12.7 Å². The molecule has 0 spiro atoms. The van der Waals surface area contributed by atoms with E-state index in [0.29, 0.717) is 34.0 Å². The van der Waals surface area contributed by atoms with Gasteiger partial charge in [-0.05, 0) is 67.1 Å². The van der Waals surface area contributed by atoms with E-state index in [1.807, 2.05) is 6.07 Å². The van der Waals surface area contributed by atoms with Gasteiger partial charge in [0.2, 0.25) is 0 Å². The number of nitrogens with one attached hydrogen (secondary N) is 1. The number of hydrogen-bond acceptors (Lipinski definition) is 4. The van der Waals surface area contributed by atoms with E-state index in [2.05, 4.69) is 15.4 Å². The molecule has 0 radical (unpaired) electrons. The zero-order valence-corrected chi connectivity index (χ0v) is 19.3. The molecule has 0 atom stereocenters. The first kappa shape index (κ1) is 22.0. The van der Waals surface area contributed by atoms with Gasteiger partial charge in [0.05, 0.1) is 21.3 Å². The second kappa shape index (κ2) is 8.85. The first-order chi connectivity index (χ1) is 16.4. The Bertz CT molecular complexity index is 1550. The van der Waals surface area contributed by atoms with Crippen molar-refractivity contribution in [2.75, 3.05) is 5.32 Å². The van der Waals surface area contributed by atoms with Crippen LogP contribution in [0.25, 0.3) is 28.2 Å². The number of anilines is 1. The van der Waals surface area contributed by atoms with Crippen molar-refractivity contribution in [3.8, 4) is 22.5 Å². The van der Waals surface area contributed by atoms with Gasteiger partial charge in [-0.25, -0.2) is 18.9 Å². The van der Waals surface area contributed by atoms with Gasteiger partial charge in [0, 0.05) is 23.5 Å². The third-order valence-corrected chi connectivity index (χ3v) is 5.92. The molecule has 9 heteroatoms. The summed E-state index contributed by atoms with van der Waals surface area (Å²) in [6, 6.07) is 16.8. The van der Waals surface area contributed by atoms with E-state index in [4.69, 9.17) is 28.2 Å². The molecule has 5 rings (SSSR count). The molecular weight excluding hydrogens is 476 g/mol. The number of imidazole rings is 1. The molecule has 1 N–H and O–H groups in total. The number of pyridine rings is 1. The van der Waals surface area contributed by atoms with E-state index in [-0.39, 0.29) is 21.4 Å². The molecule has 0 aliphatic heterocycles. The number of carbonyl (C=O) groups excluding carboxylic acids is 1. The summed E-state index contributed by atoms with van der Waals surface area (Å²) in [5.74, 6) is -0.476. The van der Waals surface area contributed by atoms with E-state index >= 15 is 0 Å². The minimum Gasteiger partial charge on any atom is -0.306 e.